The Hall–Kier alpha value is -2.16. The van der Waals surface area contributed by atoms with Gasteiger partial charge in [-0.25, -0.2) is 8.42 Å². The number of phenolic OH excluding ortho intramolecular Hbond substituents is 1. The van der Waals surface area contributed by atoms with Crippen molar-refractivity contribution in [1.82, 2.24) is 0 Å². The number of rotatable bonds is 6. The quantitative estimate of drug-likeness (QED) is 0.464. The maximum Gasteiger partial charge on any atom is 0.262 e. The number of para-hydroxylation sites is 2. The fourth-order valence-electron chi connectivity index (χ4n) is 2.62. The van der Waals surface area contributed by atoms with Crippen molar-refractivity contribution >= 4 is 50.5 Å². The minimum Gasteiger partial charge on any atom is -0.506 e. The third kappa shape index (κ3) is 3.72. The molecule has 0 spiro atoms. The number of benzene rings is 2. The van der Waals surface area contributed by atoms with Gasteiger partial charge < -0.3 is 15.2 Å². The van der Waals surface area contributed by atoms with E-state index in [1.807, 2.05) is 0 Å². The smallest absolute Gasteiger partial charge is 0.262 e. The van der Waals surface area contributed by atoms with Gasteiger partial charge in [0.2, 0.25) is 5.91 Å². The molecule has 28 heavy (non-hydrogen) atoms. The van der Waals surface area contributed by atoms with Gasteiger partial charge in [0.05, 0.1) is 28.8 Å². The monoisotopic (exact) mass is 444 g/mol. The lowest BCUT2D eigenvalue weighted by Crippen LogP contribution is -2.26. The molecule has 0 unspecified atom stereocenters. The van der Waals surface area contributed by atoms with E-state index in [-0.39, 0.29) is 28.4 Å². The molecule has 0 bridgehead atoms. The molecule has 0 aliphatic heterocycles. The highest BCUT2D eigenvalue weighted by molar-refractivity contribution is 7.92. The third-order valence-corrected chi connectivity index (χ3v) is 7.10. The molecule has 2 aromatic rings. The zero-order valence-electron chi connectivity index (χ0n) is 15.0. The number of aromatic hydroxyl groups is 1. The van der Waals surface area contributed by atoms with Crippen LogP contribution in [0.3, 0.4) is 0 Å². The van der Waals surface area contributed by atoms with E-state index in [4.69, 9.17) is 27.9 Å². The first-order chi connectivity index (χ1) is 13.0. The molecule has 7 nitrogen and oxygen atoms in total. The van der Waals surface area contributed by atoms with Crippen LogP contribution in [0.15, 0.2) is 47.4 Å². The Morgan fingerprint density at radius 1 is 1.18 bits per heavy atom. The van der Waals surface area contributed by atoms with Gasteiger partial charge in [-0.05, 0) is 43.7 Å². The summed E-state index contributed by atoms with van der Waals surface area (Å²) in [6, 6.07) is 10.1. The number of nitrogens with one attached hydrogen (secondary N) is 2. The first kappa shape index (κ1) is 20.6. The number of phenols is 1. The van der Waals surface area contributed by atoms with Gasteiger partial charge in [-0.3, -0.25) is 9.52 Å². The highest BCUT2D eigenvalue weighted by Crippen LogP contribution is 2.64. The van der Waals surface area contributed by atoms with Gasteiger partial charge in [-0.1, -0.05) is 12.1 Å². The maximum atomic E-state index is 12.7. The summed E-state index contributed by atoms with van der Waals surface area (Å²) in [4.78, 5) is 12.3. The Morgan fingerprint density at radius 2 is 1.82 bits per heavy atom. The van der Waals surface area contributed by atoms with Crippen LogP contribution in [0.2, 0.25) is 0 Å². The molecule has 150 valence electrons. The summed E-state index contributed by atoms with van der Waals surface area (Å²) in [7, 11) is -2.58. The number of anilines is 2. The van der Waals surface area contributed by atoms with Crippen molar-refractivity contribution in [2.45, 2.75) is 22.6 Å². The predicted octanol–water partition coefficient (Wildman–Crippen LogP) is 3.72. The van der Waals surface area contributed by atoms with Crippen LogP contribution >= 0.6 is 23.2 Å². The summed E-state index contributed by atoms with van der Waals surface area (Å²) in [5.74, 6) is -0.454. The Kier molecular flexibility index (Phi) is 5.16. The summed E-state index contributed by atoms with van der Waals surface area (Å²) in [5, 5.41) is 12.5. The number of carbonyl (C=O) groups is 1. The second kappa shape index (κ2) is 7.02. The van der Waals surface area contributed by atoms with E-state index in [1.165, 1.54) is 19.2 Å². The van der Waals surface area contributed by atoms with E-state index in [9.17, 15) is 18.3 Å². The number of alkyl halides is 2. The number of halogens is 2. The van der Waals surface area contributed by atoms with Crippen LogP contribution in [0.4, 0.5) is 11.4 Å². The fraction of sp³-hybridized carbons (Fsp3) is 0.278. The minimum absolute atomic E-state index is 0.0647. The van der Waals surface area contributed by atoms with Gasteiger partial charge in [0, 0.05) is 0 Å². The summed E-state index contributed by atoms with van der Waals surface area (Å²) >= 11 is 12.0. The zero-order valence-corrected chi connectivity index (χ0v) is 17.3. The van der Waals surface area contributed by atoms with Crippen molar-refractivity contribution in [3.05, 3.63) is 42.5 Å². The average Bonchev–Trinajstić information content (AvgIpc) is 3.16. The molecular weight excluding hydrogens is 427 g/mol. The summed E-state index contributed by atoms with van der Waals surface area (Å²) in [6.07, 6.45) is 0.253. The molecule has 1 aliphatic carbocycles. The van der Waals surface area contributed by atoms with Crippen LogP contribution in [-0.4, -0.2) is 30.9 Å². The molecule has 1 atom stereocenters. The predicted molar refractivity (Wildman–Crippen MR) is 108 cm³/mol. The molecule has 3 N–H and O–H groups in total. The molecular formula is C18H18Cl2N2O5S. The van der Waals surface area contributed by atoms with E-state index in [0.29, 0.717) is 5.75 Å². The van der Waals surface area contributed by atoms with E-state index < -0.39 is 25.7 Å². The lowest BCUT2D eigenvalue weighted by Gasteiger charge is -2.15. The molecule has 10 heteroatoms. The summed E-state index contributed by atoms with van der Waals surface area (Å²) in [5.41, 5.74) is -0.832. The number of carbonyl (C=O) groups excluding carboxylic acids is 1. The first-order valence-corrected chi connectivity index (χ1v) is 10.4. The van der Waals surface area contributed by atoms with Gasteiger partial charge in [-0.15, -0.1) is 23.2 Å². The van der Waals surface area contributed by atoms with E-state index in [2.05, 4.69) is 10.0 Å². The second-order valence-electron chi connectivity index (χ2n) is 6.65. The molecule has 0 radical (unpaired) electrons. The lowest BCUT2D eigenvalue weighted by atomic mass is 10.1. The SMILES string of the molecule is COc1ccccc1NS(=O)(=O)c1ccc(O)c(NC(=O)[C@]2(C)CC2(Cl)Cl)c1. The van der Waals surface area contributed by atoms with Crippen LogP contribution < -0.4 is 14.8 Å². The van der Waals surface area contributed by atoms with Gasteiger partial charge in [0.25, 0.3) is 10.0 Å². The molecule has 1 aliphatic rings. The number of ether oxygens (including phenoxy) is 1. The summed E-state index contributed by atoms with van der Waals surface area (Å²) < 4.78 is 31.8. The Morgan fingerprint density at radius 3 is 2.43 bits per heavy atom. The lowest BCUT2D eigenvalue weighted by molar-refractivity contribution is -0.120. The third-order valence-electron chi connectivity index (χ3n) is 4.64. The second-order valence-corrected chi connectivity index (χ2v) is 9.82. The highest BCUT2D eigenvalue weighted by atomic mass is 35.5. The van der Waals surface area contributed by atoms with Crippen molar-refractivity contribution in [3.8, 4) is 11.5 Å². The topological polar surface area (TPSA) is 105 Å². The Bertz CT molecular complexity index is 1040. The van der Waals surface area contributed by atoms with Crippen LogP contribution in [0, 0.1) is 5.41 Å². The zero-order chi connectivity index (χ0) is 20.7. The van der Waals surface area contributed by atoms with Crippen molar-refractivity contribution < 1.29 is 23.1 Å². The van der Waals surface area contributed by atoms with Gasteiger partial charge in [0.1, 0.15) is 15.8 Å². The van der Waals surface area contributed by atoms with Gasteiger partial charge >= 0.3 is 0 Å². The molecule has 1 amide bonds. The Balaban J connectivity index is 1.87. The summed E-state index contributed by atoms with van der Waals surface area (Å²) in [6.45, 7) is 1.59. The number of methoxy groups -OCH3 is 1. The molecule has 1 saturated carbocycles. The molecule has 2 aromatic carbocycles. The van der Waals surface area contributed by atoms with Crippen LogP contribution in [0.5, 0.6) is 11.5 Å². The van der Waals surface area contributed by atoms with Crippen molar-refractivity contribution in [3.63, 3.8) is 0 Å². The molecule has 0 aromatic heterocycles. The van der Waals surface area contributed by atoms with Crippen LogP contribution in [-0.2, 0) is 14.8 Å². The molecule has 0 heterocycles. The van der Waals surface area contributed by atoms with Crippen LogP contribution in [0.1, 0.15) is 13.3 Å². The van der Waals surface area contributed by atoms with Gasteiger partial charge in [-0.2, -0.15) is 0 Å². The van der Waals surface area contributed by atoms with E-state index in [0.717, 1.165) is 6.07 Å². The van der Waals surface area contributed by atoms with Gasteiger partial charge in [0.15, 0.2) is 0 Å². The first-order valence-electron chi connectivity index (χ1n) is 8.18. The van der Waals surface area contributed by atoms with E-state index >= 15 is 0 Å². The van der Waals surface area contributed by atoms with Crippen molar-refractivity contribution in [2.24, 2.45) is 5.41 Å². The number of sulfonamides is 1. The largest absolute Gasteiger partial charge is 0.506 e. The maximum absolute atomic E-state index is 12.7. The standard InChI is InChI=1S/C18H18Cl2N2O5S/c1-17(10-18(17,19)20)16(24)21-13-9-11(7-8-14(13)23)28(25,26)22-12-5-3-4-6-15(12)27-2/h3-9,22-23H,10H2,1-2H3,(H,21,24)/t17-/m0/s1. The average molecular weight is 445 g/mol. The highest BCUT2D eigenvalue weighted by Gasteiger charge is 2.68. The molecule has 0 saturated heterocycles. The molecule has 1 fully saturated rings. The fourth-order valence-corrected chi connectivity index (χ4v) is 4.42. The Labute approximate surface area is 172 Å². The number of hydrogen-bond acceptors (Lipinski definition) is 5. The van der Waals surface area contributed by atoms with Crippen molar-refractivity contribution in [1.29, 1.82) is 0 Å². The van der Waals surface area contributed by atoms with Crippen molar-refractivity contribution in [2.75, 3.05) is 17.1 Å². The molecule has 3 rings (SSSR count). The van der Waals surface area contributed by atoms with Crippen LogP contribution in [0.25, 0.3) is 0 Å². The van der Waals surface area contributed by atoms with E-state index in [1.54, 1.807) is 31.2 Å². The number of hydrogen-bond donors (Lipinski definition) is 3. The number of amides is 1. The minimum atomic E-state index is -4.01. The normalized spacial score (nSPS) is 20.3.